The van der Waals surface area contributed by atoms with Crippen LogP contribution < -0.4 is 0 Å². The van der Waals surface area contributed by atoms with Gasteiger partial charge in [0.25, 0.3) is 0 Å². The van der Waals surface area contributed by atoms with Crippen LogP contribution in [-0.4, -0.2) is 60.7 Å². The summed E-state index contributed by atoms with van der Waals surface area (Å²) in [5.74, 6) is 0.729. The molecule has 104 valence electrons. The van der Waals surface area contributed by atoms with Gasteiger partial charge in [-0.05, 0) is 38.2 Å². The van der Waals surface area contributed by atoms with Gasteiger partial charge in [-0.1, -0.05) is 0 Å². The molecule has 0 unspecified atom stereocenters. The van der Waals surface area contributed by atoms with E-state index < -0.39 is 0 Å². The molecule has 0 aromatic carbocycles. The molecule has 3 rings (SSSR count). The normalized spacial score (nSPS) is 31.0. The predicted molar refractivity (Wildman–Crippen MR) is 74.8 cm³/mol. The van der Waals surface area contributed by atoms with Crippen LogP contribution in [0, 0.1) is 5.92 Å². The first-order valence-electron chi connectivity index (χ1n) is 7.12. The Labute approximate surface area is 115 Å². The lowest BCUT2D eigenvalue weighted by Crippen LogP contribution is -2.29. The van der Waals surface area contributed by atoms with E-state index in [0.717, 1.165) is 25.6 Å². The van der Waals surface area contributed by atoms with Crippen molar-refractivity contribution in [1.82, 2.24) is 14.8 Å². The molecule has 3 atom stereocenters. The third-order valence-electron chi connectivity index (χ3n) is 4.11. The summed E-state index contributed by atoms with van der Waals surface area (Å²) in [7, 11) is 4.24. The molecule has 2 aliphatic rings. The fourth-order valence-corrected chi connectivity index (χ4v) is 3.35. The van der Waals surface area contributed by atoms with Crippen molar-refractivity contribution >= 4 is 0 Å². The van der Waals surface area contributed by atoms with E-state index in [1.165, 1.54) is 18.5 Å². The second-order valence-electron chi connectivity index (χ2n) is 6.10. The van der Waals surface area contributed by atoms with E-state index >= 15 is 0 Å². The molecule has 0 N–H and O–H groups in total. The summed E-state index contributed by atoms with van der Waals surface area (Å²) in [6.07, 6.45) is 5.85. The van der Waals surface area contributed by atoms with E-state index in [1.54, 1.807) is 0 Å². The van der Waals surface area contributed by atoms with Crippen molar-refractivity contribution in [2.45, 2.75) is 25.2 Å². The fourth-order valence-electron chi connectivity index (χ4n) is 3.35. The number of likely N-dealkylation sites (N-methyl/N-ethyl adjacent to an activating group) is 1. The van der Waals surface area contributed by atoms with Crippen LogP contribution in [0.1, 0.15) is 12.0 Å². The highest BCUT2D eigenvalue weighted by atomic mass is 16.5. The Morgan fingerprint density at radius 1 is 1.32 bits per heavy atom. The third-order valence-corrected chi connectivity index (χ3v) is 4.11. The Kier molecular flexibility index (Phi) is 3.82. The number of pyridine rings is 1. The van der Waals surface area contributed by atoms with Crippen molar-refractivity contribution in [1.29, 1.82) is 0 Å². The number of ether oxygens (including phenoxy) is 1. The quantitative estimate of drug-likeness (QED) is 0.815. The lowest BCUT2D eigenvalue weighted by atomic mass is 10.0. The standard InChI is InChI=1S/C15H23N3O/c1-17(2)10-14-7-13-9-18(11-15(13)19-14)8-12-3-5-16-6-4-12/h3-6,13-15H,7-11H2,1-2H3/t13-,14-,15+/m0/s1. The van der Waals surface area contributed by atoms with Gasteiger partial charge in [0.15, 0.2) is 0 Å². The lowest BCUT2D eigenvalue weighted by molar-refractivity contribution is 0.0250. The molecule has 0 radical (unpaired) electrons. The summed E-state index contributed by atoms with van der Waals surface area (Å²) in [5, 5.41) is 0. The Hall–Kier alpha value is -0.970. The smallest absolute Gasteiger partial charge is 0.0747 e. The van der Waals surface area contributed by atoms with Crippen LogP contribution in [0.3, 0.4) is 0 Å². The first kappa shape index (κ1) is 13.0. The van der Waals surface area contributed by atoms with Gasteiger partial charge in [-0.2, -0.15) is 0 Å². The lowest BCUT2D eigenvalue weighted by Gasteiger charge is -2.21. The molecule has 3 heterocycles. The maximum absolute atomic E-state index is 6.17. The van der Waals surface area contributed by atoms with E-state index in [4.69, 9.17) is 4.74 Å². The van der Waals surface area contributed by atoms with Crippen LogP contribution in [0.25, 0.3) is 0 Å². The molecule has 19 heavy (non-hydrogen) atoms. The van der Waals surface area contributed by atoms with Gasteiger partial charge < -0.3 is 9.64 Å². The summed E-state index contributed by atoms with van der Waals surface area (Å²) in [6, 6.07) is 4.20. The van der Waals surface area contributed by atoms with Crippen molar-refractivity contribution in [3.8, 4) is 0 Å². The maximum atomic E-state index is 6.17. The van der Waals surface area contributed by atoms with Crippen LogP contribution in [0.4, 0.5) is 0 Å². The molecule has 0 bridgehead atoms. The van der Waals surface area contributed by atoms with E-state index in [1.807, 2.05) is 12.4 Å². The van der Waals surface area contributed by atoms with Gasteiger partial charge in [0.1, 0.15) is 0 Å². The second kappa shape index (κ2) is 5.57. The molecular weight excluding hydrogens is 238 g/mol. The molecule has 0 aliphatic carbocycles. The maximum Gasteiger partial charge on any atom is 0.0747 e. The van der Waals surface area contributed by atoms with Gasteiger partial charge >= 0.3 is 0 Å². The topological polar surface area (TPSA) is 28.6 Å². The second-order valence-corrected chi connectivity index (χ2v) is 6.10. The molecule has 4 nitrogen and oxygen atoms in total. The van der Waals surface area contributed by atoms with Crippen molar-refractivity contribution in [2.24, 2.45) is 5.92 Å². The summed E-state index contributed by atoms with van der Waals surface area (Å²) in [6.45, 7) is 4.34. The van der Waals surface area contributed by atoms with Gasteiger partial charge in [-0.25, -0.2) is 0 Å². The minimum absolute atomic E-state index is 0.438. The highest BCUT2D eigenvalue weighted by molar-refractivity contribution is 5.10. The first-order valence-corrected chi connectivity index (χ1v) is 7.12. The SMILES string of the molecule is CN(C)C[C@@H]1C[C@H]2CN(Cc3ccncc3)C[C@H]2O1. The van der Waals surface area contributed by atoms with Crippen molar-refractivity contribution < 1.29 is 4.74 Å². The molecule has 0 amide bonds. The van der Waals surface area contributed by atoms with Crippen LogP contribution in [-0.2, 0) is 11.3 Å². The number of nitrogens with zero attached hydrogens (tertiary/aromatic N) is 3. The summed E-state index contributed by atoms with van der Waals surface area (Å²) >= 11 is 0. The highest BCUT2D eigenvalue weighted by Gasteiger charge is 2.41. The zero-order valence-corrected chi connectivity index (χ0v) is 11.8. The van der Waals surface area contributed by atoms with Gasteiger partial charge in [0, 0.05) is 44.5 Å². The minimum Gasteiger partial charge on any atom is -0.372 e. The number of hydrogen-bond acceptors (Lipinski definition) is 4. The first-order chi connectivity index (χ1) is 9.20. The van der Waals surface area contributed by atoms with Crippen molar-refractivity contribution in [3.63, 3.8) is 0 Å². The molecule has 0 saturated carbocycles. The van der Waals surface area contributed by atoms with E-state index in [0.29, 0.717) is 12.2 Å². The van der Waals surface area contributed by atoms with Gasteiger partial charge in [0.05, 0.1) is 12.2 Å². The monoisotopic (exact) mass is 261 g/mol. The number of rotatable bonds is 4. The predicted octanol–water partition coefficient (Wildman–Crippen LogP) is 1.23. The minimum atomic E-state index is 0.438. The van der Waals surface area contributed by atoms with Crippen LogP contribution >= 0.6 is 0 Å². The molecule has 1 aromatic heterocycles. The molecule has 4 heteroatoms. The average Bonchev–Trinajstić information content (AvgIpc) is 2.87. The third kappa shape index (κ3) is 3.14. The van der Waals surface area contributed by atoms with E-state index in [2.05, 4.69) is 41.0 Å². The van der Waals surface area contributed by atoms with Crippen molar-refractivity contribution in [2.75, 3.05) is 33.7 Å². The summed E-state index contributed by atoms with van der Waals surface area (Å²) in [5.41, 5.74) is 1.35. The Morgan fingerprint density at radius 2 is 2.11 bits per heavy atom. The molecule has 2 saturated heterocycles. The Morgan fingerprint density at radius 3 is 2.79 bits per heavy atom. The van der Waals surface area contributed by atoms with Gasteiger partial charge in [0.2, 0.25) is 0 Å². The largest absolute Gasteiger partial charge is 0.372 e. The zero-order chi connectivity index (χ0) is 13.2. The molecule has 2 fully saturated rings. The summed E-state index contributed by atoms with van der Waals surface area (Å²) < 4.78 is 6.17. The van der Waals surface area contributed by atoms with E-state index in [9.17, 15) is 0 Å². The van der Waals surface area contributed by atoms with Gasteiger partial charge in [-0.15, -0.1) is 0 Å². The number of hydrogen-bond donors (Lipinski definition) is 0. The highest BCUT2D eigenvalue weighted by Crippen LogP contribution is 2.33. The summed E-state index contributed by atoms with van der Waals surface area (Å²) in [4.78, 5) is 8.80. The molecular formula is C15H23N3O. The zero-order valence-electron chi connectivity index (χ0n) is 11.8. The molecule has 0 spiro atoms. The Balaban J connectivity index is 1.51. The number of likely N-dealkylation sites (tertiary alicyclic amines) is 1. The molecule has 1 aromatic rings. The van der Waals surface area contributed by atoms with Crippen LogP contribution in [0.2, 0.25) is 0 Å². The average molecular weight is 261 g/mol. The van der Waals surface area contributed by atoms with Crippen LogP contribution in [0.5, 0.6) is 0 Å². The number of aromatic nitrogens is 1. The van der Waals surface area contributed by atoms with Crippen LogP contribution in [0.15, 0.2) is 24.5 Å². The Bertz CT molecular complexity index is 395. The number of fused-ring (bicyclic) bond motifs is 1. The van der Waals surface area contributed by atoms with Gasteiger partial charge in [-0.3, -0.25) is 9.88 Å². The van der Waals surface area contributed by atoms with E-state index in [-0.39, 0.29) is 0 Å². The fraction of sp³-hybridized carbons (Fsp3) is 0.667. The van der Waals surface area contributed by atoms with Crippen molar-refractivity contribution in [3.05, 3.63) is 30.1 Å². The molecule has 2 aliphatic heterocycles.